The molecular weight excluding hydrogens is 280 g/mol. The van der Waals surface area contributed by atoms with Gasteiger partial charge in [0.05, 0.1) is 5.69 Å². The number of nitrogens with zero attached hydrogens (tertiary/aromatic N) is 2. The summed E-state index contributed by atoms with van der Waals surface area (Å²) in [6.45, 7) is 3.20. The fourth-order valence-corrected chi connectivity index (χ4v) is 2.27. The summed E-state index contributed by atoms with van der Waals surface area (Å²) in [6.07, 6.45) is 3.58. The molecule has 0 saturated carbocycles. The SMILES string of the molecule is C[C@H](NC(=O)Nc1cccnc1Cl)C(=O)N1CCCC1. The molecular formula is C13H17ClN4O2. The third-order valence-electron chi connectivity index (χ3n) is 3.14. The normalized spacial score (nSPS) is 15.8. The molecule has 2 N–H and O–H groups in total. The minimum absolute atomic E-state index is 0.0602. The van der Waals surface area contributed by atoms with Crippen molar-refractivity contribution < 1.29 is 9.59 Å². The van der Waals surface area contributed by atoms with Crippen molar-refractivity contribution in [1.29, 1.82) is 0 Å². The lowest BCUT2D eigenvalue weighted by Crippen LogP contribution is -2.47. The number of anilines is 1. The molecule has 2 rings (SSSR count). The Labute approximate surface area is 122 Å². The van der Waals surface area contributed by atoms with Crippen molar-refractivity contribution in [3.05, 3.63) is 23.5 Å². The highest BCUT2D eigenvalue weighted by Crippen LogP contribution is 2.17. The van der Waals surface area contributed by atoms with E-state index in [9.17, 15) is 9.59 Å². The van der Waals surface area contributed by atoms with Gasteiger partial charge in [-0.05, 0) is 31.9 Å². The molecule has 1 aliphatic rings. The molecule has 0 unspecified atom stereocenters. The molecule has 0 radical (unpaired) electrons. The summed E-state index contributed by atoms with van der Waals surface area (Å²) in [5.41, 5.74) is 0.410. The van der Waals surface area contributed by atoms with Gasteiger partial charge in [0.1, 0.15) is 6.04 Å². The van der Waals surface area contributed by atoms with Crippen LogP contribution in [0.5, 0.6) is 0 Å². The zero-order valence-electron chi connectivity index (χ0n) is 11.2. The molecule has 0 aromatic carbocycles. The number of nitrogens with one attached hydrogen (secondary N) is 2. The highest BCUT2D eigenvalue weighted by Gasteiger charge is 2.24. The summed E-state index contributed by atoms with van der Waals surface area (Å²) in [5, 5.41) is 5.39. The molecule has 0 spiro atoms. The van der Waals surface area contributed by atoms with Crippen LogP contribution in [0.25, 0.3) is 0 Å². The van der Waals surface area contributed by atoms with E-state index < -0.39 is 12.1 Å². The molecule has 2 heterocycles. The largest absolute Gasteiger partial charge is 0.341 e. The van der Waals surface area contributed by atoms with Gasteiger partial charge >= 0.3 is 6.03 Å². The smallest absolute Gasteiger partial charge is 0.319 e. The highest BCUT2D eigenvalue weighted by molar-refractivity contribution is 6.32. The van der Waals surface area contributed by atoms with Gasteiger partial charge in [0.25, 0.3) is 0 Å². The van der Waals surface area contributed by atoms with E-state index in [1.54, 1.807) is 24.0 Å². The first-order valence-corrected chi connectivity index (χ1v) is 6.92. The minimum Gasteiger partial charge on any atom is -0.341 e. The van der Waals surface area contributed by atoms with Gasteiger partial charge < -0.3 is 15.5 Å². The van der Waals surface area contributed by atoms with Crippen LogP contribution in [0.3, 0.4) is 0 Å². The monoisotopic (exact) mass is 296 g/mol. The average Bonchev–Trinajstić information content (AvgIpc) is 2.94. The quantitative estimate of drug-likeness (QED) is 0.836. The number of hydrogen-bond donors (Lipinski definition) is 2. The number of carbonyl (C=O) groups excluding carboxylic acids is 2. The number of pyridine rings is 1. The van der Waals surface area contributed by atoms with Gasteiger partial charge in [0.15, 0.2) is 5.15 Å². The molecule has 1 aromatic heterocycles. The molecule has 3 amide bonds. The molecule has 0 bridgehead atoms. The van der Waals surface area contributed by atoms with Gasteiger partial charge in [0, 0.05) is 19.3 Å². The number of amides is 3. The number of urea groups is 1. The molecule has 1 atom stereocenters. The van der Waals surface area contributed by atoms with Crippen LogP contribution in [0, 0.1) is 0 Å². The molecule has 1 aliphatic heterocycles. The molecule has 1 aromatic rings. The van der Waals surface area contributed by atoms with Crippen LogP contribution in [0.2, 0.25) is 5.15 Å². The predicted octanol–water partition coefficient (Wildman–Crippen LogP) is 1.87. The van der Waals surface area contributed by atoms with Gasteiger partial charge in [-0.25, -0.2) is 9.78 Å². The first-order valence-electron chi connectivity index (χ1n) is 6.55. The topological polar surface area (TPSA) is 74.3 Å². The molecule has 1 saturated heterocycles. The fraction of sp³-hybridized carbons (Fsp3) is 0.462. The highest BCUT2D eigenvalue weighted by atomic mass is 35.5. The van der Waals surface area contributed by atoms with Crippen molar-refractivity contribution in [3.63, 3.8) is 0 Å². The number of rotatable bonds is 3. The summed E-state index contributed by atoms with van der Waals surface area (Å²) in [4.78, 5) is 29.5. The first kappa shape index (κ1) is 14.6. The molecule has 108 valence electrons. The molecule has 7 heteroatoms. The molecule has 0 aliphatic carbocycles. The zero-order valence-corrected chi connectivity index (χ0v) is 12.0. The number of aromatic nitrogens is 1. The fourth-order valence-electron chi connectivity index (χ4n) is 2.11. The Kier molecular flexibility index (Phi) is 4.79. The van der Waals surface area contributed by atoms with Crippen molar-refractivity contribution in [2.45, 2.75) is 25.8 Å². The Morgan fingerprint density at radius 3 is 2.75 bits per heavy atom. The molecule has 1 fully saturated rings. The lowest BCUT2D eigenvalue weighted by Gasteiger charge is -2.21. The van der Waals surface area contributed by atoms with Crippen LogP contribution in [-0.4, -0.2) is 41.0 Å². The van der Waals surface area contributed by atoms with Gasteiger partial charge in [0.2, 0.25) is 5.91 Å². The van der Waals surface area contributed by atoms with E-state index in [1.807, 2.05) is 0 Å². The maximum atomic E-state index is 12.0. The summed E-state index contributed by atoms with van der Waals surface area (Å²) in [7, 11) is 0. The van der Waals surface area contributed by atoms with Crippen molar-refractivity contribution in [2.75, 3.05) is 18.4 Å². The Morgan fingerprint density at radius 1 is 1.40 bits per heavy atom. The van der Waals surface area contributed by atoms with E-state index in [2.05, 4.69) is 15.6 Å². The average molecular weight is 297 g/mol. The van der Waals surface area contributed by atoms with E-state index in [0.717, 1.165) is 25.9 Å². The van der Waals surface area contributed by atoms with E-state index in [-0.39, 0.29) is 11.1 Å². The molecule has 6 nitrogen and oxygen atoms in total. The minimum atomic E-state index is -0.566. The van der Waals surface area contributed by atoms with Gasteiger partial charge in [-0.3, -0.25) is 4.79 Å². The first-order chi connectivity index (χ1) is 9.58. The van der Waals surface area contributed by atoms with E-state index in [1.165, 1.54) is 6.20 Å². The Morgan fingerprint density at radius 2 is 2.10 bits per heavy atom. The maximum Gasteiger partial charge on any atom is 0.319 e. The molecule has 20 heavy (non-hydrogen) atoms. The summed E-state index contributed by atoms with van der Waals surface area (Å²) in [5.74, 6) is -0.0602. The van der Waals surface area contributed by atoms with Crippen molar-refractivity contribution in [3.8, 4) is 0 Å². The van der Waals surface area contributed by atoms with E-state index in [0.29, 0.717) is 5.69 Å². The van der Waals surface area contributed by atoms with Crippen molar-refractivity contribution in [2.24, 2.45) is 0 Å². The van der Waals surface area contributed by atoms with Gasteiger partial charge in [-0.1, -0.05) is 11.6 Å². The lowest BCUT2D eigenvalue weighted by atomic mass is 10.3. The Balaban J connectivity index is 1.87. The Hall–Kier alpha value is -1.82. The number of hydrogen-bond acceptors (Lipinski definition) is 3. The van der Waals surface area contributed by atoms with Crippen LogP contribution in [0.1, 0.15) is 19.8 Å². The Bertz CT molecular complexity index is 503. The van der Waals surface area contributed by atoms with Gasteiger partial charge in [-0.2, -0.15) is 0 Å². The maximum absolute atomic E-state index is 12.0. The predicted molar refractivity (Wildman–Crippen MR) is 76.7 cm³/mol. The third kappa shape index (κ3) is 3.60. The van der Waals surface area contributed by atoms with Crippen LogP contribution in [-0.2, 0) is 4.79 Å². The van der Waals surface area contributed by atoms with Crippen LogP contribution in [0.4, 0.5) is 10.5 Å². The van der Waals surface area contributed by atoms with Crippen molar-refractivity contribution >= 4 is 29.2 Å². The van der Waals surface area contributed by atoms with Crippen LogP contribution < -0.4 is 10.6 Å². The third-order valence-corrected chi connectivity index (χ3v) is 3.44. The number of halogens is 1. The van der Waals surface area contributed by atoms with Gasteiger partial charge in [-0.15, -0.1) is 0 Å². The summed E-state index contributed by atoms with van der Waals surface area (Å²) < 4.78 is 0. The number of carbonyl (C=O) groups is 2. The second-order valence-electron chi connectivity index (χ2n) is 4.69. The van der Waals surface area contributed by atoms with Crippen LogP contribution >= 0.6 is 11.6 Å². The summed E-state index contributed by atoms with van der Waals surface area (Å²) in [6, 6.07) is 2.27. The number of likely N-dealkylation sites (tertiary alicyclic amines) is 1. The second kappa shape index (κ2) is 6.56. The standard InChI is InChI=1S/C13H17ClN4O2/c1-9(12(19)18-7-2-3-8-18)16-13(20)17-10-5-4-6-15-11(10)14/h4-6,9H,2-3,7-8H2,1H3,(H2,16,17,20)/t9-/m0/s1. The van der Waals surface area contributed by atoms with E-state index >= 15 is 0 Å². The summed E-state index contributed by atoms with van der Waals surface area (Å²) >= 11 is 5.84. The zero-order chi connectivity index (χ0) is 14.5. The second-order valence-corrected chi connectivity index (χ2v) is 5.05. The lowest BCUT2D eigenvalue weighted by molar-refractivity contribution is -0.131. The van der Waals surface area contributed by atoms with Crippen molar-refractivity contribution in [1.82, 2.24) is 15.2 Å². The van der Waals surface area contributed by atoms with E-state index in [4.69, 9.17) is 11.6 Å². The van der Waals surface area contributed by atoms with Crippen LogP contribution in [0.15, 0.2) is 18.3 Å².